The average molecular weight is 586 g/mol. The third-order valence-electron chi connectivity index (χ3n) is 8.19. The number of carbonyl (C=O) groups is 1. The number of piperidine rings is 1. The van der Waals surface area contributed by atoms with Gasteiger partial charge < -0.3 is 23.8 Å². The summed E-state index contributed by atoms with van der Waals surface area (Å²) >= 11 is 1.51. The number of likely N-dealkylation sites (tertiary alicyclic amines) is 1. The summed E-state index contributed by atoms with van der Waals surface area (Å²) in [6, 6.07) is 19.1. The van der Waals surface area contributed by atoms with Crippen LogP contribution in [0.2, 0.25) is 0 Å². The number of rotatable bonds is 6. The van der Waals surface area contributed by atoms with Crippen LogP contribution in [0, 0.1) is 6.92 Å². The molecule has 42 heavy (non-hydrogen) atoms. The van der Waals surface area contributed by atoms with Crippen LogP contribution in [0.3, 0.4) is 0 Å². The first kappa shape index (κ1) is 27.0. The highest BCUT2D eigenvalue weighted by Gasteiger charge is 2.41. The van der Waals surface area contributed by atoms with Gasteiger partial charge in [-0.2, -0.15) is 0 Å². The largest absolute Gasteiger partial charge is 0.454 e. The van der Waals surface area contributed by atoms with Crippen LogP contribution in [0.25, 0.3) is 10.9 Å². The van der Waals surface area contributed by atoms with Crippen LogP contribution in [-0.4, -0.2) is 59.2 Å². The van der Waals surface area contributed by atoms with Gasteiger partial charge in [-0.3, -0.25) is 14.2 Å². The van der Waals surface area contributed by atoms with Crippen molar-refractivity contribution in [2.75, 3.05) is 33.1 Å². The first-order chi connectivity index (χ1) is 20.5. The number of thioether (sulfide) groups is 1. The Morgan fingerprint density at radius 2 is 1.76 bits per heavy atom. The summed E-state index contributed by atoms with van der Waals surface area (Å²) in [6.07, 6.45) is 1.30. The highest BCUT2D eigenvalue weighted by atomic mass is 32.2. The molecule has 216 valence electrons. The predicted octanol–water partition coefficient (Wildman–Crippen LogP) is 4.75. The number of amides is 1. The van der Waals surface area contributed by atoms with Crippen molar-refractivity contribution in [3.63, 3.8) is 0 Å². The number of fused-ring (bicyclic) bond motifs is 2. The molecule has 4 heterocycles. The molecule has 7 rings (SSSR count). The van der Waals surface area contributed by atoms with Crippen LogP contribution in [0.4, 0.5) is 0 Å². The Balaban J connectivity index is 1.21. The lowest BCUT2D eigenvalue weighted by Gasteiger charge is -2.37. The van der Waals surface area contributed by atoms with E-state index in [2.05, 4.69) is 19.1 Å². The third-order valence-corrected chi connectivity index (χ3v) is 9.21. The molecular formula is C32H31N3O6S. The zero-order chi connectivity index (χ0) is 28.7. The van der Waals surface area contributed by atoms with Crippen LogP contribution in [0.15, 0.2) is 70.6 Å². The van der Waals surface area contributed by atoms with E-state index in [1.807, 2.05) is 35.2 Å². The Morgan fingerprint density at radius 3 is 2.57 bits per heavy atom. The minimum Gasteiger partial charge on any atom is -0.454 e. The summed E-state index contributed by atoms with van der Waals surface area (Å²) < 4.78 is 24.3. The van der Waals surface area contributed by atoms with Gasteiger partial charge >= 0.3 is 0 Å². The molecule has 2 fully saturated rings. The maximum atomic E-state index is 13.9. The van der Waals surface area contributed by atoms with E-state index in [0.29, 0.717) is 84.6 Å². The molecule has 0 saturated carbocycles. The standard InChI is InChI=1S/C32H31N3O6S/c1-21-4-2-3-5-24(21)19-42-31-33-26-17-23(29(36)34-12-10-32(11-13-34)40-14-15-41-32)7-8-25(26)30(37)35(31)18-22-6-9-27-28(16-22)39-20-38-27/h2-9,16-17H,10-15,18-20H2,1H3. The molecule has 1 spiro atoms. The fourth-order valence-corrected chi connectivity index (χ4v) is 6.81. The van der Waals surface area contributed by atoms with E-state index in [0.717, 1.165) is 5.56 Å². The number of benzene rings is 3. The number of carbonyl (C=O) groups excluding carboxylic acids is 1. The fourth-order valence-electron chi connectivity index (χ4n) is 5.74. The van der Waals surface area contributed by atoms with E-state index in [9.17, 15) is 9.59 Å². The molecule has 2 saturated heterocycles. The Hall–Kier alpha value is -3.86. The molecular weight excluding hydrogens is 554 g/mol. The number of ether oxygens (including phenoxy) is 4. The van der Waals surface area contributed by atoms with E-state index < -0.39 is 5.79 Å². The zero-order valence-corrected chi connectivity index (χ0v) is 24.2. The number of aryl methyl sites for hydroxylation is 1. The van der Waals surface area contributed by atoms with Crippen molar-refractivity contribution in [1.82, 2.24) is 14.5 Å². The Kier molecular flexibility index (Phi) is 7.13. The van der Waals surface area contributed by atoms with E-state index in [-0.39, 0.29) is 18.3 Å². The smallest absolute Gasteiger partial charge is 0.262 e. The maximum absolute atomic E-state index is 13.9. The second-order valence-electron chi connectivity index (χ2n) is 10.8. The van der Waals surface area contributed by atoms with Gasteiger partial charge in [0.25, 0.3) is 11.5 Å². The van der Waals surface area contributed by atoms with Crippen molar-refractivity contribution in [2.24, 2.45) is 0 Å². The maximum Gasteiger partial charge on any atom is 0.262 e. The average Bonchev–Trinajstić information content (AvgIpc) is 3.68. The summed E-state index contributed by atoms with van der Waals surface area (Å²) in [5, 5.41) is 1.06. The van der Waals surface area contributed by atoms with Crippen molar-refractivity contribution < 1.29 is 23.7 Å². The van der Waals surface area contributed by atoms with E-state index >= 15 is 0 Å². The van der Waals surface area contributed by atoms with Gasteiger partial charge in [-0.1, -0.05) is 42.1 Å². The molecule has 0 aliphatic carbocycles. The summed E-state index contributed by atoms with van der Waals surface area (Å²) in [6.45, 7) is 4.90. The Labute approximate surface area is 247 Å². The van der Waals surface area contributed by atoms with Crippen LogP contribution in [-0.2, 0) is 21.8 Å². The quantitative estimate of drug-likeness (QED) is 0.237. The third kappa shape index (κ3) is 5.14. The first-order valence-electron chi connectivity index (χ1n) is 14.2. The molecule has 0 unspecified atom stereocenters. The summed E-state index contributed by atoms with van der Waals surface area (Å²) in [4.78, 5) is 34.2. The van der Waals surface area contributed by atoms with Gasteiger partial charge in [-0.05, 0) is 53.9 Å². The molecule has 10 heteroatoms. The van der Waals surface area contributed by atoms with Gasteiger partial charge in [0.15, 0.2) is 22.4 Å². The molecule has 9 nitrogen and oxygen atoms in total. The second kappa shape index (κ2) is 11.1. The Morgan fingerprint density at radius 1 is 0.976 bits per heavy atom. The monoisotopic (exact) mass is 585 g/mol. The van der Waals surface area contributed by atoms with Crippen molar-refractivity contribution >= 4 is 28.6 Å². The molecule has 1 amide bonds. The first-order valence-corrected chi connectivity index (χ1v) is 15.1. The van der Waals surface area contributed by atoms with Gasteiger partial charge in [0.05, 0.1) is 30.7 Å². The van der Waals surface area contributed by atoms with E-state index in [1.165, 1.54) is 22.9 Å². The van der Waals surface area contributed by atoms with Crippen LogP contribution in [0.5, 0.6) is 11.5 Å². The fraction of sp³-hybridized carbons (Fsp3) is 0.344. The molecule has 3 aliphatic rings. The number of hydrogen-bond acceptors (Lipinski definition) is 8. The second-order valence-corrected chi connectivity index (χ2v) is 11.8. The van der Waals surface area contributed by atoms with E-state index in [4.69, 9.17) is 23.9 Å². The molecule has 3 aliphatic heterocycles. The topological polar surface area (TPSA) is 92.1 Å². The number of aromatic nitrogens is 2. The molecule has 0 N–H and O–H groups in total. The van der Waals surface area contributed by atoms with Gasteiger partial charge in [-0.25, -0.2) is 4.98 Å². The predicted molar refractivity (Wildman–Crippen MR) is 158 cm³/mol. The minimum absolute atomic E-state index is 0.0785. The summed E-state index contributed by atoms with van der Waals surface area (Å²) in [7, 11) is 0. The SMILES string of the molecule is Cc1ccccc1CSc1nc2cc(C(=O)N3CCC4(CC3)OCCO4)ccc2c(=O)n1Cc1ccc2c(c1)OCO2. The Bertz CT molecular complexity index is 1720. The van der Waals surface area contributed by atoms with Gasteiger partial charge in [0.2, 0.25) is 6.79 Å². The van der Waals surface area contributed by atoms with E-state index in [1.54, 1.807) is 22.8 Å². The molecule has 1 aromatic heterocycles. The lowest BCUT2D eigenvalue weighted by Crippen LogP contribution is -2.47. The normalized spacial score (nSPS) is 17.3. The molecule has 0 atom stereocenters. The van der Waals surface area contributed by atoms with Crippen LogP contribution >= 0.6 is 11.8 Å². The molecule has 3 aromatic carbocycles. The van der Waals surface area contributed by atoms with Crippen molar-refractivity contribution in [3.8, 4) is 11.5 Å². The number of hydrogen-bond donors (Lipinski definition) is 0. The summed E-state index contributed by atoms with van der Waals surface area (Å²) in [5.41, 5.74) is 4.14. The summed E-state index contributed by atoms with van der Waals surface area (Å²) in [5.74, 6) is 1.39. The van der Waals surface area contributed by atoms with Crippen molar-refractivity contribution in [1.29, 1.82) is 0 Å². The highest BCUT2D eigenvalue weighted by Crippen LogP contribution is 2.34. The number of nitrogens with zero attached hydrogens (tertiary/aromatic N) is 3. The lowest BCUT2D eigenvalue weighted by atomic mass is 10.0. The van der Waals surface area contributed by atoms with Gasteiger partial charge in [0.1, 0.15) is 0 Å². The van der Waals surface area contributed by atoms with Crippen LogP contribution < -0.4 is 15.0 Å². The van der Waals surface area contributed by atoms with Crippen molar-refractivity contribution in [2.45, 2.75) is 43.0 Å². The molecule has 0 radical (unpaired) electrons. The lowest BCUT2D eigenvalue weighted by molar-refractivity contribution is -0.181. The zero-order valence-electron chi connectivity index (χ0n) is 23.3. The highest BCUT2D eigenvalue weighted by molar-refractivity contribution is 7.98. The van der Waals surface area contributed by atoms with Crippen LogP contribution in [0.1, 0.15) is 39.9 Å². The molecule has 0 bridgehead atoms. The van der Waals surface area contributed by atoms with Gasteiger partial charge in [0, 0.05) is 37.2 Å². The van der Waals surface area contributed by atoms with Crippen molar-refractivity contribution in [3.05, 3.63) is 93.3 Å². The van der Waals surface area contributed by atoms with Gasteiger partial charge in [-0.15, -0.1) is 0 Å². The molecule has 4 aromatic rings. The minimum atomic E-state index is -0.548.